The van der Waals surface area contributed by atoms with Gasteiger partial charge in [0.05, 0.1) is 0 Å². The van der Waals surface area contributed by atoms with Gasteiger partial charge in [-0.2, -0.15) is 0 Å². The SMILES string of the molecule is Cc1ccc(C(=O)N2CCC(Br)C2)cc1O. The number of likely N-dealkylation sites (tertiary alicyclic amines) is 1. The van der Waals surface area contributed by atoms with Gasteiger partial charge in [0.2, 0.25) is 0 Å². The van der Waals surface area contributed by atoms with Crippen LogP contribution in [0.5, 0.6) is 5.75 Å². The van der Waals surface area contributed by atoms with Crippen LogP contribution in [0.4, 0.5) is 0 Å². The number of rotatable bonds is 1. The molecule has 0 aliphatic carbocycles. The molecule has 1 N–H and O–H groups in total. The zero-order valence-corrected chi connectivity index (χ0v) is 10.7. The van der Waals surface area contributed by atoms with Gasteiger partial charge in [-0.1, -0.05) is 22.0 Å². The van der Waals surface area contributed by atoms with Crippen molar-refractivity contribution in [3.05, 3.63) is 29.3 Å². The van der Waals surface area contributed by atoms with E-state index >= 15 is 0 Å². The number of alkyl halides is 1. The Kier molecular flexibility index (Phi) is 3.19. The first kappa shape index (κ1) is 11.5. The highest BCUT2D eigenvalue weighted by atomic mass is 79.9. The number of aryl methyl sites for hydroxylation is 1. The maximum Gasteiger partial charge on any atom is 0.254 e. The minimum Gasteiger partial charge on any atom is -0.508 e. The molecule has 1 amide bonds. The molecule has 1 saturated heterocycles. The average Bonchev–Trinajstić information content (AvgIpc) is 2.68. The van der Waals surface area contributed by atoms with Crippen molar-refractivity contribution in [3.63, 3.8) is 0 Å². The van der Waals surface area contributed by atoms with Crippen molar-refractivity contribution in [1.82, 2.24) is 4.90 Å². The van der Waals surface area contributed by atoms with E-state index in [0.29, 0.717) is 10.4 Å². The quantitative estimate of drug-likeness (QED) is 0.804. The Morgan fingerprint density at radius 1 is 1.56 bits per heavy atom. The van der Waals surface area contributed by atoms with Gasteiger partial charge in [-0.15, -0.1) is 0 Å². The number of nitrogens with zero attached hydrogens (tertiary/aromatic N) is 1. The van der Waals surface area contributed by atoms with Crippen LogP contribution in [0.2, 0.25) is 0 Å². The predicted molar refractivity (Wildman–Crippen MR) is 66.1 cm³/mol. The molecule has 1 atom stereocenters. The molecular weight excluding hydrogens is 270 g/mol. The normalized spacial score (nSPS) is 20.1. The van der Waals surface area contributed by atoms with E-state index < -0.39 is 0 Å². The number of phenolic OH excluding ortho intramolecular Hbond substituents is 1. The fourth-order valence-electron chi connectivity index (χ4n) is 1.83. The largest absolute Gasteiger partial charge is 0.508 e. The standard InChI is InChI=1S/C12H14BrNO2/c1-8-2-3-9(6-11(8)15)12(16)14-5-4-10(13)7-14/h2-3,6,10,15H,4-5,7H2,1H3. The Bertz CT molecular complexity index is 419. The fraction of sp³-hybridized carbons (Fsp3) is 0.417. The number of carbonyl (C=O) groups excluding carboxylic acids is 1. The third kappa shape index (κ3) is 2.21. The summed E-state index contributed by atoms with van der Waals surface area (Å²) < 4.78 is 0. The number of hydrogen-bond donors (Lipinski definition) is 1. The van der Waals surface area contributed by atoms with E-state index in [4.69, 9.17) is 0 Å². The van der Waals surface area contributed by atoms with E-state index in [9.17, 15) is 9.90 Å². The van der Waals surface area contributed by atoms with Crippen molar-refractivity contribution in [1.29, 1.82) is 0 Å². The van der Waals surface area contributed by atoms with Crippen molar-refractivity contribution in [2.45, 2.75) is 18.2 Å². The molecule has 0 bridgehead atoms. The van der Waals surface area contributed by atoms with Crippen molar-refractivity contribution >= 4 is 21.8 Å². The highest BCUT2D eigenvalue weighted by Gasteiger charge is 2.25. The Balaban J connectivity index is 2.18. The summed E-state index contributed by atoms with van der Waals surface area (Å²) in [6.45, 7) is 3.34. The lowest BCUT2D eigenvalue weighted by Gasteiger charge is -2.15. The summed E-state index contributed by atoms with van der Waals surface area (Å²) in [6, 6.07) is 5.07. The number of benzene rings is 1. The number of aromatic hydroxyl groups is 1. The molecule has 1 unspecified atom stereocenters. The highest BCUT2D eigenvalue weighted by Crippen LogP contribution is 2.22. The van der Waals surface area contributed by atoms with Crippen LogP contribution in [0.1, 0.15) is 22.3 Å². The van der Waals surface area contributed by atoms with E-state index in [1.807, 2.05) is 11.8 Å². The van der Waals surface area contributed by atoms with Crippen LogP contribution < -0.4 is 0 Å². The first-order valence-corrected chi connectivity index (χ1v) is 6.22. The van der Waals surface area contributed by atoms with Gasteiger partial charge in [0, 0.05) is 23.5 Å². The van der Waals surface area contributed by atoms with E-state index in [0.717, 1.165) is 25.1 Å². The second kappa shape index (κ2) is 4.45. The predicted octanol–water partition coefficient (Wildman–Crippen LogP) is 2.31. The second-order valence-electron chi connectivity index (χ2n) is 4.14. The molecule has 1 aliphatic heterocycles. The third-order valence-corrected chi connectivity index (χ3v) is 3.62. The lowest BCUT2D eigenvalue weighted by Crippen LogP contribution is -2.28. The molecule has 1 aromatic carbocycles. The van der Waals surface area contributed by atoms with Gasteiger partial charge in [-0.3, -0.25) is 4.79 Å². The molecule has 1 aliphatic rings. The fourth-order valence-corrected chi connectivity index (χ4v) is 2.38. The van der Waals surface area contributed by atoms with Crippen LogP contribution in [0.3, 0.4) is 0 Å². The van der Waals surface area contributed by atoms with Gasteiger partial charge in [0.25, 0.3) is 5.91 Å². The zero-order valence-electron chi connectivity index (χ0n) is 9.11. The Labute approximate surface area is 103 Å². The lowest BCUT2D eigenvalue weighted by atomic mass is 10.1. The molecule has 86 valence electrons. The number of carbonyl (C=O) groups is 1. The van der Waals surface area contributed by atoms with Gasteiger partial charge in [0.1, 0.15) is 5.75 Å². The van der Waals surface area contributed by atoms with Gasteiger partial charge in [-0.25, -0.2) is 0 Å². The minimum absolute atomic E-state index is 0.00255. The van der Waals surface area contributed by atoms with Crippen LogP contribution in [0, 0.1) is 6.92 Å². The Morgan fingerprint density at radius 2 is 2.31 bits per heavy atom. The second-order valence-corrected chi connectivity index (χ2v) is 5.43. The van der Waals surface area contributed by atoms with Crippen molar-refractivity contribution in [2.24, 2.45) is 0 Å². The van der Waals surface area contributed by atoms with Crippen molar-refractivity contribution < 1.29 is 9.90 Å². The third-order valence-electron chi connectivity index (χ3n) is 2.87. The van der Waals surface area contributed by atoms with E-state index in [-0.39, 0.29) is 11.7 Å². The van der Waals surface area contributed by atoms with Crippen LogP contribution in [0.25, 0.3) is 0 Å². The number of hydrogen-bond acceptors (Lipinski definition) is 2. The summed E-state index contributed by atoms with van der Waals surface area (Å²) >= 11 is 3.50. The van der Waals surface area contributed by atoms with Crippen molar-refractivity contribution in [3.8, 4) is 5.75 Å². The molecule has 0 aromatic heterocycles. The van der Waals surface area contributed by atoms with E-state index in [1.54, 1.807) is 18.2 Å². The molecule has 1 fully saturated rings. The van der Waals surface area contributed by atoms with E-state index in [2.05, 4.69) is 15.9 Å². The lowest BCUT2D eigenvalue weighted by molar-refractivity contribution is 0.0793. The van der Waals surface area contributed by atoms with E-state index in [1.165, 1.54) is 0 Å². The first-order chi connectivity index (χ1) is 7.58. The maximum absolute atomic E-state index is 12.1. The maximum atomic E-state index is 12.1. The highest BCUT2D eigenvalue weighted by molar-refractivity contribution is 9.09. The molecule has 0 radical (unpaired) electrons. The summed E-state index contributed by atoms with van der Waals surface area (Å²) in [7, 11) is 0. The molecule has 1 heterocycles. The molecular formula is C12H14BrNO2. The van der Waals surface area contributed by atoms with Crippen LogP contribution in [0.15, 0.2) is 18.2 Å². The Hall–Kier alpha value is -1.03. The Morgan fingerprint density at radius 3 is 2.88 bits per heavy atom. The molecule has 1 aromatic rings. The van der Waals surface area contributed by atoms with Gasteiger partial charge >= 0.3 is 0 Å². The smallest absolute Gasteiger partial charge is 0.254 e. The first-order valence-electron chi connectivity index (χ1n) is 5.31. The van der Waals surface area contributed by atoms with Crippen LogP contribution in [-0.2, 0) is 0 Å². The topological polar surface area (TPSA) is 40.5 Å². The summed E-state index contributed by atoms with van der Waals surface area (Å²) in [6.07, 6.45) is 0.990. The summed E-state index contributed by atoms with van der Waals surface area (Å²) in [5, 5.41) is 9.56. The van der Waals surface area contributed by atoms with Gasteiger partial charge in [0.15, 0.2) is 0 Å². The number of amides is 1. The summed E-state index contributed by atoms with van der Waals surface area (Å²) in [4.78, 5) is 14.3. The molecule has 16 heavy (non-hydrogen) atoms. The molecule has 4 heteroatoms. The summed E-state index contributed by atoms with van der Waals surface area (Å²) in [5.74, 6) is 0.178. The zero-order chi connectivity index (χ0) is 11.7. The molecule has 0 saturated carbocycles. The average molecular weight is 284 g/mol. The molecule has 0 spiro atoms. The van der Waals surface area contributed by atoms with Gasteiger partial charge < -0.3 is 10.0 Å². The van der Waals surface area contributed by atoms with Crippen LogP contribution in [-0.4, -0.2) is 33.8 Å². The van der Waals surface area contributed by atoms with Crippen molar-refractivity contribution in [2.75, 3.05) is 13.1 Å². The molecule has 3 nitrogen and oxygen atoms in total. The van der Waals surface area contributed by atoms with Gasteiger partial charge in [-0.05, 0) is 31.0 Å². The minimum atomic E-state index is -0.00255. The summed E-state index contributed by atoms with van der Waals surface area (Å²) in [5.41, 5.74) is 1.35. The van der Waals surface area contributed by atoms with Crippen LogP contribution >= 0.6 is 15.9 Å². The monoisotopic (exact) mass is 283 g/mol. The molecule has 2 rings (SSSR count). The number of halogens is 1. The number of phenols is 1.